The molecule has 1 aliphatic carbocycles. The van der Waals surface area contributed by atoms with Crippen molar-refractivity contribution in [2.45, 2.75) is 37.9 Å². The standard InChI is InChI=1S/C11H14N4O3S/c1-2-3-10-13-14-11(18-10)8-6-12-15(7-8)19(16,17)9-4-5-9/h6-7,9H,2-5H2,1H3. The van der Waals surface area contributed by atoms with Crippen molar-refractivity contribution < 1.29 is 12.8 Å². The van der Waals surface area contributed by atoms with Gasteiger partial charge in [-0.15, -0.1) is 10.2 Å². The van der Waals surface area contributed by atoms with Crippen LogP contribution in [0.5, 0.6) is 0 Å². The predicted molar refractivity (Wildman–Crippen MR) is 66.9 cm³/mol. The van der Waals surface area contributed by atoms with Crippen LogP contribution in [0.4, 0.5) is 0 Å². The van der Waals surface area contributed by atoms with Crippen LogP contribution in [0.2, 0.25) is 0 Å². The average Bonchev–Trinajstić information content (AvgIpc) is 2.95. The molecule has 0 aromatic carbocycles. The van der Waals surface area contributed by atoms with Crippen molar-refractivity contribution in [3.63, 3.8) is 0 Å². The topological polar surface area (TPSA) is 90.9 Å². The molecule has 8 heteroatoms. The fourth-order valence-electron chi connectivity index (χ4n) is 1.76. The molecule has 7 nitrogen and oxygen atoms in total. The first-order valence-electron chi connectivity index (χ1n) is 6.23. The van der Waals surface area contributed by atoms with E-state index in [1.807, 2.05) is 6.92 Å². The van der Waals surface area contributed by atoms with E-state index < -0.39 is 10.0 Å². The fourth-order valence-corrected chi connectivity index (χ4v) is 3.23. The number of nitrogens with zero attached hydrogens (tertiary/aromatic N) is 4. The quantitative estimate of drug-likeness (QED) is 0.819. The van der Waals surface area contributed by atoms with E-state index in [0.717, 1.165) is 10.5 Å². The summed E-state index contributed by atoms with van der Waals surface area (Å²) < 4.78 is 30.4. The molecule has 1 aliphatic rings. The van der Waals surface area contributed by atoms with Gasteiger partial charge in [-0.1, -0.05) is 6.92 Å². The number of rotatable bonds is 5. The summed E-state index contributed by atoms with van der Waals surface area (Å²) in [6.45, 7) is 2.02. The molecule has 3 rings (SSSR count). The monoisotopic (exact) mass is 282 g/mol. The third-order valence-electron chi connectivity index (χ3n) is 2.94. The van der Waals surface area contributed by atoms with Crippen LogP contribution in [0, 0.1) is 0 Å². The maximum atomic E-state index is 12.0. The SMILES string of the molecule is CCCc1nnc(-c2cnn(S(=O)(=O)C3CC3)c2)o1. The number of hydrogen-bond donors (Lipinski definition) is 0. The first-order chi connectivity index (χ1) is 9.11. The van der Waals surface area contributed by atoms with E-state index in [4.69, 9.17) is 4.42 Å². The van der Waals surface area contributed by atoms with Gasteiger partial charge in [-0.25, -0.2) is 8.42 Å². The van der Waals surface area contributed by atoms with Crippen molar-refractivity contribution in [3.05, 3.63) is 18.3 Å². The molecule has 0 saturated heterocycles. The van der Waals surface area contributed by atoms with E-state index in [2.05, 4.69) is 15.3 Å². The number of aromatic nitrogens is 4. The Morgan fingerprint density at radius 2 is 2.21 bits per heavy atom. The van der Waals surface area contributed by atoms with Crippen molar-refractivity contribution in [1.29, 1.82) is 0 Å². The lowest BCUT2D eigenvalue weighted by molar-refractivity contribution is 0.502. The Morgan fingerprint density at radius 3 is 2.89 bits per heavy atom. The molecular weight excluding hydrogens is 268 g/mol. The predicted octanol–water partition coefficient (Wildman–Crippen LogP) is 1.23. The maximum absolute atomic E-state index is 12.0. The van der Waals surface area contributed by atoms with Gasteiger partial charge in [-0.3, -0.25) is 0 Å². The van der Waals surface area contributed by atoms with Crippen LogP contribution in [0.25, 0.3) is 11.5 Å². The largest absolute Gasteiger partial charge is 0.421 e. The lowest BCUT2D eigenvalue weighted by atomic mass is 10.3. The minimum Gasteiger partial charge on any atom is -0.421 e. The van der Waals surface area contributed by atoms with Gasteiger partial charge in [-0.05, 0) is 19.3 Å². The molecule has 0 spiro atoms. The summed E-state index contributed by atoms with van der Waals surface area (Å²) in [5.41, 5.74) is 0.527. The Kier molecular flexibility index (Phi) is 2.89. The summed E-state index contributed by atoms with van der Waals surface area (Å²) in [7, 11) is -3.34. The minimum absolute atomic E-state index is 0.293. The lowest BCUT2D eigenvalue weighted by Crippen LogP contribution is -2.17. The van der Waals surface area contributed by atoms with Crippen LogP contribution >= 0.6 is 0 Å². The summed E-state index contributed by atoms with van der Waals surface area (Å²) in [6.07, 6.45) is 5.90. The van der Waals surface area contributed by atoms with Gasteiger partial charge in [0.05, 0.1) is 23.2 Å². The van der Waals surface area contributed by atoms with Crippen LogP contribution in [0.3, 0.4) is 0 Å². The Morgan fingerprint density at radius 1 is 1.42 bits per heavy atom. The molecule has 0 amide bonds. The number of hydrogen-bond acceptors (Lipinski definition) is 6. The van der Waals surface area contributed by atoms with Crippen molar-refractivity contribution in [2.24, 2.45) is 0 Å². The Bertz CT molecular complexity index is 684. The van der Waals surface area contributed by atoms with Crippen molar-refractivity contribution in [2.75, 3.05) is 0 Å². The normalized spacial score (nSPS) is 15.8. The molecule has 0 aliphatic heterocycles. The highest BCUT2D eigenvalue weighted by molar-refractivity contribution is 7.90. The second kappa shape index (κ2) is 4.44. The molecule has 0 atom stereocenters. The molecule has 2 aromatic rings. The molecule has 0 N–H and O–H groups in total. The molecule has 1 fully saturated rings. The Labute approximate surface area is 110 Å². The van der Waals surface area contributed by atoms with Crippen molar-refractivity contribution in [1.82, 2.24) is 19.4 Å². The summed E-state index contributed by atoms with van der Waals surface area (Å²) in [4.78, 5) is 0. The second-order valence-electron chi connectivity index (χ2n) is 4.60. The van der Waals surface area contributed by atoms with Crippen LogP contribution in [0.15, 0.2) is 16.8 Å². The third kappa shape index (κ3) is 2.27. The van der Waals surface area contributed by atoms with E-state index in [0.29, 0.717) is 36.6 Å². The van der Waals surface area contributed by atoms with Crippen LogP contribution < -0.4 is 0 Å². The Balaban J connectivity index is 1.88. The van der Waals surface area contributed by atoms with Gasteiger partial charge in [0.2, 0.25) is 5.89 Å². The summed E-state index contributed by atoms with van der Waals surface area (Å²) in [6, 6.07) is 0. The molecule has 0 unspecified atom stereocenters. The molecule has 2 aromatic heterocycles. The molecule has 2 heterocycles. The van der Waals surface area contributed by atoms with Gasteiger partial charge in [0.25, 0.3) is 15.9 Å². The molecule has 1 saturated carbocycles. The smallest absolute Gasteiger partial charge is 0.256 e. The van der Waals surface area contributed by atoms with Crippen molar-refractivity contribution in [3.8, 4) is 11.5 Å². The second-order valence-corrected chi connectivity index (χ2v) is 6.67. The van der Waals surface area contributed by atoms with Crippen LogP contribution in [-0.4, -0.2) is 33.1 Å². The zero-order valence-electron chi connectivity index (χ0n) is 10.5. The van der Waals surface area contributed by atoms with E-state index >= 15 is 0 Å². The van der Waals surface area contributed by atoms with Crippen molar-refractivity contribution >= 4 is 10.0 Å². The van der Waals surface area contributed by atoms with Gasteiger partial charge < -0.3 is 4.42 Å². The third-order valence-corrected chi connectivity index (χ3v) is 4.98. The zero-order chi connectivity index (χ0) is 13.5. The maximum Gasteiger partial charge on any atom is 0.256 e. The van der Waals surface area contributed by atoms with E-state index in [1.165, 1.54) is 12.4 Å². The van der Waals surface area contributed by atoms with Crippen LogP contribution in [-0.2, 0) is 16.4 Å². The highest BCUT2D eigenvalue weighted by Gasteiger charge is 2.37. The molecule has 102 valence electrons. The minimum atomic E-state index is -3.34. The van der Waals surface area contributed by atoms with Gasteiger partial charge >= 0.3 is 0 Å². The Hall–Kier alpha value is -1.70. The van der Waals surface area contributed by atoms with Gasteiger partial charge in [0.15, 0.2) is 0 Å². The summed E-state index contributed by atoms with van der Waals surface area (Å²) in [5, 5.41) is 11.4. The van der Waals surface area contributed by atoms with E-state index in [9.17, 15) is 8.42 Å². The molecular formula is C11H14N4O3S. The summed E-state index contributed by atoms with van der Waals surface area (Å²) in [5.74, 6) is 0.857. The van der Waals surface area contributed by atoms with Crippen LogP contribution in [0.1, 0.15) is 32.1 Å². The van der Waals surface area contributed by atoms with Gasteiger partial charge in [0.1, 0.15) is 0 Å². The number of aryl methyl sites for hydroxylation is 1. The molecule has 0 radical (unpaired) electrons. The molecule has 0 bridgehead atoms. The highest BCUT2D eigenvalue weighted by atomic mass is 32.2. The first-order valence-corrected chi connectivity index (χ1v) is 7.73. The summed E-state index contributed by atoms with van der Waals surface area (Å²) >= 11 is 0. The fraction of sp³-hybridized carbons (Fsp3) is 0.545. The average molecular weight is 282 g/mol. The highest BCUT2D eigenvalue weighted by Crippen LogP contribution is 2.30. The van der Waals surface area contributed by atoms with E-state index in [-0.39, 0.29) is 5.25 Å². The first kappa shape index (κ1) is 12.3. The van der Waals surface area contributed by atoms with Gasteiger partial charge in [0, 0.05) is 6.42 Å². The van der Waals surface area contributed by atoms with E-state index in [1.54, 1.807) is 0 Å². The lowest BCUT2D eigenvalue weighted by Gasteiger charge is -1.99. The zero-order valence-corrected chi connectivity index (χ0v) is 11.3. The van der Waals surface area contributed by atoms with Gasteiger partial charge in [-0.2, -0.15) is 9.19 Å². The molecule has 19 heavy (non-hydrogen) atoms.